The smallest absolute Gasteiger partial charge is 0 e. The molecule has 1 aliphatic rings. The van der Waals surface area contributed by atoms with Crippen LogP contribution < -0.4 is 5.30 Å². The van der Waals surface area contributed by atoms with Gasteiger partial charge in [0, 0.05) is 25.8 Å². The van der Waals surface area contributed by atoms with E-state index >= 15 is 0 Å². The van der Waals surface area contributed by atoms with E-state index < -0.39 is 0 Å². The van der Waals surface area contributed by atoms with E-state index in [1.54, 1.807) is 0 Å². The third-order valence-electron chi connectivity index (χ3n) is 5.09. The summed E-state index contributed by atoms with van der Waals surface area (Å²) in [6, 6.07) is 34.4. The van der Waals surface area contributed by atoms with Gasteiger partial charge < -0.3 is 0 Å². The maximum atomic E-state index is 2.99. The van der Waals surface area contributed by atoms with Crippen molar-refractivity contribution in [2.24, 2.45) is 0 Å². The van der Waals surface area contributed by atoms with Crippen LogP contribution in [0.2, 0.25) is 0 Å². The number of aryl methyl sites for hydroxylation is 2. The zero-order valence-electron chi connectivity index (χ0n) is 19.0. The zero-order valence-corrected chi connectivity index (χ0v) is 23.5. The second kappa shape index (κ2) is 15.0. The van der Waals surface area contributed by atoms with Crippen molar-refractivity contribution in [3.05, 3.63) is 132 Å². The van der Waals surface area contributed by atoms with Gasteiger partial charge in [-0.15, -0.1) is 54.7 Å². The van der Waals surface area contributed by atoms with Crippen molar-refractivity contribution >= 4 is 24.0 Å². The first-order valence-corrected chi connectivity index (χ1v) is 13.1. The van der Waals surface area contributed by atoms with E-state index in [9.17, 15) is 0 Å². The fraction of sp³-hybridized carbons (Fsp3) is 0.167. The largest absolute Gasteiger partial charge is 0.273 e. The number of hydrogen-bond donors (Lipinski definition) is 0. The van der Waals surface area contributed by atoms with Crippen LogP contribution in [0, 0.1) is 6.08 Å². The molecule has 0 radical (unpaired) electrons. The molecule has 0 amide bonds. The maximum absolute atomic E-state index is 2.99. The molecule has 0 atom stereocenters. The summed E-state index contributed by atoms with van der Waals surface area (Å²) < 4.78 is 0. The number of hydrogen-bond acceptors (Lipinski definition) is 0. The molecule has 0 aromatic heterocycles. The molecular weight excluding hydrogens is 570 g/mol. The Bertz CT molecular complexity index is 993. The van der Waals surface area contributed by atoms with Crippen LogP contribution in [0.3, 0.4) is 0 Å². The normalized spacial score (nSPS) is 11.3. The number of allylic oxidation sites excluding steroid dienone is 4. The summed E-state index contributed by atoms with van der Waals surface area (Å²) in [4.78, 5) is 0. The summed E-state index contributed by atoms with van der Waals surface area (Å²) in [5.41, 5.74) is 2.83. The van der Waals surface area contributed by atoms with Crippen molar-refractivity contribution in [1.82, 2.24) is 0 Å². The van der Waals surface area contributed by atoms with Gasteiger partial charge in [0.2, 0.25) is 0 Å². The van der Waals surface area contributed by atoms with Crippen LogP contribution >= 0.6 is 7.92 Å². The molecular formula is C30H31HfP-2. The summed E-state index contributed by atoms with van der Waals surface area (Å²) in [5, 5.41) is 4.26. The molecule has 0 saturated carbocycles. The summed E-state index contributed by atoms with van der Waals surface area (Å²) >= 11 is 0. The number of rotatable bonds is 4. The average Bonchev–Trinajstić information content (AvgIpc) is 3.53. The van der Waals surface area contributed by atoms with Crippen LogP contribution in [0.1, 0.15) is 17.5 Å². The van der Waals surface area contributed by atoms with E-state index in [0.717, 1.165) is 19.3 Å². The van der Waals surface area contributed by atoms with Crippen molar-refractivity contribution in [3.63, 3.8) is 0 Å². The van der Waals surface area contributed by atoms with Gasteiger partial charge in [0.15, 0.2) is 0 Å². The molecule has 0 N–H and O–H groups in total. The van der Waals surface area contributed by atoms with Crippen molar-refractivity contribution in [3.8, 4) is 0 Å². The van der Waals surface area contributed by atoms with Crippen LogP contribution in [0.15, 0.2) is 115 Å². The van der Waals surface area contributed by atoms with Gasteiger partial charge in [0.25, 0.3) is 0 Å². The predicted octanol–water partition coefficient (Wildman–Crippen LogP) is 7.70. The van der Waals surface area contributed by atoms with Gasteiger partial charge in [-0.3, -0.25) is 6.08 Å². The Morgan fingerprint density at radius 3 is 1.78 bits per heavy atom. The van der Waals surface area contributed by atoms with Crippen molar-refractivity contribution in [2.75, 3.05) is 13.3 Å². The van der Waals surface area contributed by atoms with E-state index in [2.05, 4.69) is 123 Å². The molecule has 0 unspecified atom stereocenters. The van der Waals surface area contributed by atoms with Crippen LogP contribution in [0.5, 0.6) is 0 Å². The van der Waals surface area contributed by atoms with Crippen LogP contribution in [0.25, 0.3) is 10.8 Å². The Labute approximate surface area is 214 Å². The third kappa shape index (κ3) is 9.27. The SMILES string of the molecule is CP(C)c1cc2ccccc2[cH-]1.[C-]1=CC=CC1.[Hf].c1ccc(CCc2ccccc2)cc1. The molecule has 0 spiro atoms. The Hall–Kier alpha value is -1.95. The van der Waals surface area contributed by atoms with Gasteiger partial charge in [0.1, 0.15) is 0 Å². The molecule has 0 fully saturated rings. The quantitative estimate of drug-likeness (QED) is 0.128. The Morgan fingerprint density at radius 1 is 0.781 bits per heavy atom. The van der Waals surface area contributed by atoms with Gasteiger partial charge in [0.05, 0.1) is 0 Å². The van der Waals surface area contributed by atoms with Gasteiger partial charge in [-0.2, -0.15) is 12.1 Å². The average molecular weight is 601 g/mol. The van der Waals surface area contributed by atoms with Gasteiger partial charge >= 0.3 is 0 Å². The minimum Gasteiger partial charge on any atom is -0.273 e. The predicted molar refractivity (Wildman–Crippen MR) is 140 cm³/mol. The first kappa shape index (κ1) is 26.3. The van der Waals surface area contributed by atoms with Gasteiger partial charge in [-0.1, -0.05) is 66.7 Å². The first-order chi connectivity index (χ1) is 15.2. The topological polar surface area (TPSA) is 0 Å². The number of fused-ring (bicyclic) bond motifs is 1. The van der Waals surface area contributed by atoms with Crippen molar-refractivity contribution in [2.45, 2.75) is 19.3 Å². The minimum atomic E-state index is 0. The molecule has 32 heavy (non-hydrogen) atoms. The summed E-state index contributed by atoms with van der Waals surface area (Å²) in [5.74, 6) is 0. The summed E-state index contributed by atoms with van der Waals surface area (Å²) in [6.45, 7) is 4.59. The second-order valence-electron chi connectivity index (χ2n) is 7.71. The maximum Gasteiger partial charge on any atom is 0 e. The van der Waals surface area contributed by atoms with Crippen molar-refractivity contribution in [1.29, 1.82) is 0 Å². The first-order valence-electron chi connectivity index (χ1n) is 10.8. The van der Waals surface area contributed by atoms with E-state index in [4.69, 9.17) is 0 Å². The molecule has 0 aliphatic heterocycles. The van der Waals surface area contributed by atoms with Crippen LogP contribution in [-0.4, -0.2) is 13.3 Å². The molecule has 1 aliphatic carbocycles. The summed E-state index contributed by atoms with van der Waals surface area (Å²) in [6.07, 6.45) is 12.3. The van der Waals surface area contributed by atoms with E-state index in [0.29, 0.717) is 0 Å². The molecule has 0 saturated heterocycles. The molecule has 4 aromatic carbocycles. The monoisotopic (exact) mass is 602 g/mol. The Balaban J connectivity index is 0.000000184. The fourth-order valence-corrected chi connectivity index (χ4v) is 4.11. The molecule has 2 heteroatoms. The number of benzene rings is 3. The molecule has 0 bridgehead atoms. The van der Waals surface area contributed by atoms with Crippen LogP contribution in [-0.2, 0) is 38.7 Å². The molecule has 162 valence electrons. The van der Waals surface area contributed by atoms with Crippen molar-refractivity contribution < 1.29 is 25.8 Å². The van der Waals surface area contributed by atoms with Gasteiger partial charge in [-0.25, -0.2) is 12.2 Å². The molecule has 5 rings (SSSR count). The molecule has 4 aromatic rings. The van der Waals surface area contributed by atoms with E-state index in [-0.39, 0.29) is 33.8 Å². The Kier molecular flexibility index (Phi) is 12.3. The Morgan fingerprint density at radius 2 is 1.34 bits per heavy atom. The fourth-order valence-electron chi connectivity index (χ4n) is 3.31. The molecule has 0 nitrogen and oxygen atoms in total. The molecule has 0 heterocycles. The van der Waals surface area contributed by atoms with E-state index in [1.165, 1.54) is 27.2 Å². The van der Waals surface area contributed by atoms with Crippen LogP contribution in [0.4, 0.5) is 0 Å². The standard InChI is InChI=1S/C14H14.C11H12P.C5H5.Hf/c1-3-7-13(8-4-1)11-12-14-9-5-2-6-10-14;1-12(2)11-7-9-5-3-4-6-10(9)8-11;1-2-4-5-3-1;/h1-10H,11-12H2;3-8H,1-2H3;1-3H,4H2;/q;2*-1;. The third-order valence-corrected chi connectivity index (χ3v) is 6.38. The second-order valence-corrected chi connectivity index (χ2v) is 10.0. The van der Waals surface area contributed by atoms with Gasteiger partial charge in [-0.05, 0) is 37.3 Å². The zero-order chi connectivity index (χ0) is 21.7. The minimum absolute atomic E-state index is 0. The van der Waals surface area contributed by atoms with E-state index in [1.807, 2.05) is 12.2 Å². The summed E-state index contributed by atoms with van der Waals surface area (Å²) in [7, 11) is 0.0576.